The summed E-state index contributed by atoms with van der Waals surface area (Å²) < 4.78 is 0. The first kappa shape index (κ1) is 18.1. The van der Waals surface area contributed by atoms with Crippen molar-refractivity contribution in [3.05, 3.63) is 54.4 Å². The summed E-state index contributed by atoms with van der Waals surface area (Å²) in [5.74, 6) is -0.779. The SMILES string of the molecule is CC(=O)Nc1cccc(N(CC(=O)NCc2ccccn2)C(C)=O)c1. The van der Waals surface area contributed by atoms with Crippen LogP contribution in [0.4, 0.5) is 11.4 Å². The van der Waals surface area contributed by atoms with Gasteiger partial charge in [0.25, 0.3) is 0 Å². The van der Waals surface area contributed by atoms with E-state index >= 15 is 0 Å². The highest BCUT2D eigenvalue weighted by Crippen LogP contribution is 2.19. The Hall–Kier alpha value is -3.22. The Kier molecular flexibility index (Phi) is 6.22. The number of anilines is 2. The first-order valence-electron chi connectivity index (χ1n) is 7.78. The summed E-state index contributed by atoms with van der Waals surface area (Å²) in [5, 5.41) is 5.39. The van der Waals surface area contributed by atoms with Gasteiger partial charge in [0, 0.05) is 31.4 Å². The van der Waals surface area contributed by atoms with Gasteiger partial charge >= 0.3 is 0 Å². The molecule has 0 aliphatic carbocycles. The van der Waals surface area contributed by atoms with E-state index in [4.69, 9.17) is 0 Å². The molecule has 0 aliphatic rings. The third kappa shape index (κ3) is 5.72. The third-order valence-electron chi connectivity index (χ3n) is 3.35. The fraction of sp³-hybridized carbons (Fsp3) is 0.222. The zero-order valence-electron chi connectivity index (χ0n) is 14.2. The van der Waals surface area contributed by atoms with Crippen molar-refractivity contribution < 1.29 is 14.4 Å². The molecule has 0 unspecified atom stereocenters. The van der Waals surface area contributed by atoms with Crippen molar-refractivity contribution in [2.24, 2.45) is 0 Å². The Bertz CT molecular complexity index is 762. The Morgan fingerprint density at radius 3 is 2.52 bits per heavy atom. The molecule has 7 heteroatoms. The Morgan fingerprint density at radius 2 is 1.88 bits per heavy atom. The van der Waals surface area contributed by atoms with Crippen LogP contribution in [-0.2, 0) is 20.9 Å². The molecule has 0 radical (unpaired) electrons. The largest absolute Gasteiger partial charge is 0.349 e. The molecule has 0 aliphatic heterocycles. The van der Waals surface area contributed by atoms with E-state index in [1.807, 2.05) is 6.07 Å². The van der Waals surface area contributed by atoms with Crippen LogP contribution in [0.15, 0.2) is 48.7 Å². The Balaban J connectivity index is 2.04. The molecule has 25 heavy (non-hydrogen) atoms. The molecule has 1 heterocycles. The molecule has 0 bridgehead atoms. The van der Waals surface area contributed by atoms with E-state index in [2.05, 4.69) is 15.6 Å². The van der Waals surface area contributed by atoms with E-state index < -0.39 is 0 Å². The van der Waals surface area contributed by atoms with E-state index in [0.717, 1.165) is 5.69 Å². The van der Waals surface area contributed by atoms with Gasteiger partial charge in [0.15, 0.2) is 0 Å². The average Bonchev–Trinajstić information content (AvgIpc) is 2.58. The third-order valence-corrected chi connectivity index (χ3v) is 3.35. The first-order chi connectivity index (χ1) is 12.0. The molecule has 2 rings (SSSR count). The maximum atomic E-state index is 12.2. The van der Waals surface area contributed by atoms with Crippen molar-refractivity contribution in [1.29, 1.82) is 0 Å². The van der Waals surface area contributed by atoms with Crippen LogP contribution < -0.4 is 15.5 Å². The lowest BCUT2D eigenvalue weighted by atomic mass is 10.2. The smallest absolute Gasteiger partial charge is 0.240 e. The van der Waals surface area contributed by atoms with E-state index in [9.17, 15) is 14.4 Å². The number of hydrogen-bond acceptors (Lipinski definition) is 4. The second-order valence-corrected chi connectivity index (χ2v) is 5.43. The maximum Gasteiger partial charge on any atom is 0.240 e. The summed E-state index contributed by atoms with van der Waals surface area (Å²) in [6.07, 6.45) is 1.65. The van der Waals surface area contributed by atoms with Crippen LogP contribution in [0, 0.1) is 0 Å². The van der Waals surface area contributed by atoms with Crippen LogP contribution in [0.5, 0.6) is 0 Å². The lowest BCUT2D eigenvalue weighted by Crippen LogP contribution is -2.39. The highest BCUT2D eigenvalue weighted by atomic mass is 16.2. The Morgan fingerprint density at radius 1 is 1.08 bits per heavy atom. The zero-order chi connectivity index (χ0) is 18.2. The number of amides is 3. The van der Waals surface area contributed by atoms with Crippen molar-refractivity contribution in [2.75, 3.05) is 16.8 Å². The number of nitrogens with zero attached hydrogens (tertiary/aromatic N) is 2. The number of hydrogen-bond donors (Lipinski definition) is 2. The van der Waals surface area contributed by atoms with Gasteiger partial charge in [0.05, 0.1) is 12.2 Å². The summed E-state index contributed by atoms with van der Waals surface area (Å²) in [4.78, 5) is 40.7. The number of rotatable bonds is 6. The predicted molar refractivity (Wildman–Crippen MR) is 94.9 cm³/mol. The summed E-state index contributed by atoms with van der Waals surface area (Å²) in [7, 11) is 0. The minimum absolute atomic E-state index is 0.119. The second kappa shape index (κ2) is 8.58. The van der Waals surface area contributed by atoms with Crippen LogP contribution in [-0.4, -0.2) is 29.3 Å². The molecule has 1 aromatic heterocycles. The highest BCUT2D eigenvalue weighted by molar-refractivity contribution is 5.98. The highest BCUT2D eigenvalue weighted by Gasteiger charge is 2.16. The number of pyridine rings is 1. The molecular weight excluding hydrogens is 320 g/mol. The van der Waals surface area contributed by atoms with E-state index in [0.29, 0.717) is 11.4 Å². The number of carbonyl (C=O) groups excluding carboxylic acids is 3. The zero-order valence-corrected chi connectivity index (χ0v) is 14.2. The second-order valence-electron chi connectivity index (χ2n) is 5.43. The van der Waals surface area contributed by atoms with Gasteiger partial charge in [0.2, 0.25) is 17.7 Å². The minimum atomic E-state index is -0.300. The minimum Gasteiger partial charge on any atom is -0.349 e. The number of benzene rings is 1. The molecule has 7 nitrogen and oxygen atoms in total. The van der Waals surface area contributed by atoms with Gasteiger partial charge in [-0.3, -0.25) is 19.4 Å². The van der Waals surface area contributed by atoms with E-state index in [1.165, 1.54) is 18.7 Å². The topological polar surface area (TPSA) is 91.4 Å². The predicted octanol–water partition coefficient (Wildman–Crippen LogP) is 1.71. The van der Waals surface area contributed by atoms with E-state index in [-0.39, 0.29) is 30.8 Å². The molecule has 0 spiro atoms. The van der Waals surface area contributed by atoms with Gasteiger partial charge in [-0.25, -0.2) is 0 Å². The van der Waals surface area contributed by atoms with Crippen LogP contribution in [0.2, 0.25) is 0 Å². The summed E-state index contributed by atoms with van der Waals surface area (Å²) in [5.41, 5.74) is 1.83. The molecule has 2 N–H and O–H groups in total. The molecule has 0 atom stereocenters. The van der Waals surface area contributed by atoms with Crippen LogP contribution in [0.1, 0.15) is 19.5 Å². The van der Waals surface area contributed by atoms with Crippen molar-refractivity contribution >= 4 is 29.1 Å². The standard InChI is InChI=1S/C18H20N4O3/c1-13(23)21-15-7-5-8-17(10-15)22(14(2)24)12-18(25)20-11-16-6-3-4-9-19-16/h3-10H,11-12H2,1-2H3,(H,20,25)(H,21,23). The molecule has 130 valence electrons. The maximum absolute atomic E-state index is 12.2. The molecule has 0 saturated heterocycles. The quantitative estimate of drug-likeness (QED) is 0.837. The number of carbonyl (C=O) groups is 3. The summed E-state index contributed by atoms with van der Waals surface area (Å²) in [6, 6.07) is 12.2. The number of nitrogens with one attached hydrogen (secondary N) is 2. The van der Waals surface area contributed by atoms with Gasteiger partial charge in [-0.2, -0.15) is 0 Å². The average molecular weight is 340 g/mol. The fourth-order valence-corrected chi connectivity index (χ4v) is 2.23. The van der Waals surface area contributed by atoms with Gasteiger partial charge in [-0.05, 0) is 30.3 Å². The first-order valence-corrected chi connectivity index (χ1v) is 7.78. The Labute approximate surface area is 146 Å². The molecule has 2 aromatic rings. The van der Waals surface area contributed by atoms with E-state index in [1.54, 1.807) is 42.6 Å². The molecule has 0 fully saturated rings. The monoisotopic (exact) mass is 340 g/mol. The van der Waals surface area contributed by atoms with Crippen molar-refractivity contribution in [2.45, 2.75) is 20.4 Å². The van der Waals surface area contributed by atoms with Crippen molar-refractivity contribution in [3.8, 4) is 0 Å². The lowest BCUT2D eigenvalue weighted by molar-refractivity contribution is -0.123. The van der Waals surface area contributed by atoms with Crippen LogP contribution in [0.3, 0.4) is 0 Å². The van der Waals surface area contributed by atoms with Gasteiger partial charge in [-0.15, -0.1) is 0 Å². The van der Waals surface area contributed by atoms with Gasteiger partial charge in [-0.1, -0.05) is 12.1 Å². The molecular formula is C18H20N4O3. The number of aromatic nitrogens is 1. The molecule has 1 aromatic carbocycles. The summed E-state index contributed by atoms with van der Waals surface area (Å²) in [6.45, 7) is 2.96. The van der Waals surface area contributed by atoms with Crippen LogP contribution >= 0.6 is 0 Å². The lowest BCUT2D eigenvalue weighted by Gasteiger charge is -2.21. The van der Waals surface area contributed by atoms with Gasteiger partial charge in [0.1, 0.15) is 6.54 Å². The summed E-state index contributed by atoms with van der Waals surface area (Å²) >= 11 is 0. The van der Waals surface area contributed by atoms with Gasteiger partial charge < -0.3 is 15.5 Å². The van der Waals surface area contributed by atoms with Crippen molar-refractivity contribution in [1.82, 2.24) is 10.3 Å². The molecule has 3 amide bonds. The van der Waals surface area contributed by atoms with Crippen molar-refractivity contribution in [3.63, 3.8) is 0 Å². The fourth-order valence-electron chi connectivity index (χ4n) is 2.23. The normalized spacial score (nSPS) is 10.0. The van der Waals surface area contributed by atoms with Crippen LogP contribution in [0.25, 0.3) is 0 Å². The molecule has 0 saturated carbocycles.